The van der Waals surface area contributed by atoms with Gasteiger partial charge in [0.25, 0.3) is 5.91 Å². The molecule has 21 heavy (non-hydrogen) atoms. The van der Waals surface area contributed by atoms with Crippen molar-refractivity contribution >= 4 is 11.6 Å². The molecular formula is C18H28N2O. The number of hydrogen-bond acceptors (Lipinski definition) is 2. The van der Waals surface area contributed by atoms with Gasteiger partial charge in [0.05, 0.1) is 5.56 Å². The van der Waals surface area contributed by atoms with Crippen LogP contribution in [0.2, 0.25) is 0 Å². The highest BCUT2D eigenvalue weighted by atomic mass is 16.1. The molecule has 0 saturated heterocycles. The Labute approximate surface area is 128 Å². The molecule has 0 spiro atoms. The second-order valence-electron chi connectivity index (χ2n) is 6.28. The zero-order chi connectivity index (χ0) is 15.2. The molecule has 116 valence electrons. The van der Waals surface area contributed by atoms with E-state index in [1.54, 1.807) is 0 Å². The summed E-state index contributed by atoms with van der Waals surface area (Å²) in [5, 5.41) is 6.56. The van der Waals surface area contributed by atoms with Gasteiger partial charge < -0.3 is 10.6 Å². The van der Waals surface area contributed by atoms with Gasteiger partial charge in [-0.2, -0.15) is 0 Å². The number of anilines is 1. The molecule has 2 rings (SSSR count). The van der Waals surface area contributed by atoms with E-state index in [4.69, 9.17) is 0 Å². The summed E-state index contributed by atoms with van der Waals surface area (Å²) in [6.07, 6.45) is 6.15. The predicted octanol–water partition coefficient (Wildman–Crippen LogP) is 4.13. The van der Waals surface area contributed by atoms with Gasteiger partial charge in [0.15, 0.2) is 0 Å². The van der Waals surface area contributed by atoms with Crippen LogP contribution in [0.5, 0.6) is 0 Å². The van der Waals surface area contributed by atoms with Crippen LogP contribution in [0, 0.1) is 12.8 Å². The normalized spacial score (nSPS) is 16.7. The largest absolute Gasteiger partial charge is 0.384 e. The van der Waals surface area contributed by atoms with Crippen molar-refractivity contribution in [3.63, 3.8) is 0 Å². The van der Waals surface area contributed by atoms with Crippen molar-refractivity contribution in [3.8, 4) is 0 Å². The van der Waals surface area contributed by atoms with Gasteiger partial charge in [0.2, 0.25) is 0 Å². The summed E-state index contributed by atoms with van der Waals surface area (Å²) in [7, 11) is 0. The van der Waals surface area contributed by atoms with Crippen molar-refractivity contribution in [1.82, 2.24) is 5.32 Å². The van der Waals surface area contributed by atoms with Crippen molar-refractivity contribution in [2.45, 2.75) is 58.9 Å². The Bertz CT molecular complexity index is 478. The van der Waals surface area contributed by atoms with Crippen molar-refractivity contribution in [3.05, 3.63) is 29.3 Å². The molecule has 1 saturated carbocycles. The number of amides is 1. The second kappa shape index (κ2) is 7.48. The van der Waals surface area contributed by atoms with Crippen molar-refractivity contribution in [2.24, 2.45) is 5.92 Å². The minimum atomic E-state index is 0.0525. The van der Waals surface area contributed by atoms with Gasteiger partial charge in [-0.15, -0.1) is 0 Å². The minimum Gasteiger partial charge on any atom is -0.384 e. The Morgan fingerprint density at radius 1 is 1.33 bits per heavy atom. The van der Waals surface area contributed by atoms with Crippen LogP contribution in [0.3, 0.4) is 0 Å². The number of aryl methyl sites for hydroxylation is 1. The van der Waals surface area contributed by atoms with Gasteiger partial charge in [-0.05, 0) is 51.2 Å². The van der Waals surface area contributed by atoms with E-state index in [1.807, 2.05) is 19.1 Å². The maximum atomic E-state index is 12.6. The monoisotopic (exact) mass is 288 g/mol. The van der Waals surface area contributed by atoms with E-state index in [2.05, 4.69) is 30.5 Å². The molecule has 0 radical (unpaired) electrons. The topological polar surface area (TPSA) is 41.1 Å². The third-order valence-corrected chi connectivity index (χ3v) is 4.45. The number of rotatable bonds is 6. The molecule has 0 heterocycles. The number of carbonyl (C=O) groups is 1. The van der Waals surface area contributed by atoms with Gasteiger partial charge in [-0.1, -0.05) is 31.4 Å². The van der Waals surface area contributed by atoms with Crippen LogP contribution in [-0.4, -0.2) is 18.5 Å². The highest BCUT2D eigenvalue weighted by Gasteiger charge is 2.23. The molecule has 3 nitrogen and oxygen atoms in total. The lowest BCUT2D eigenvalue weighted by molar-refractivity contribution is 0.0928. The molecule has 1 aliphatic rings. The fourth-order valence-electron chi connectivity index (χ4n) is 3.12. The van der Waals surface area contributed by atoms with Gasteiger partial charge in [0.1, 0.15) is 0 Å². The number of carbonyl (C=O) groups excluding carboxylic acids is 1. The first-order chi connectivity index (χ1) is 10.1. The maximum absolute atomic E-state index is 12.6. The SMILES string of the molecule is CCCNc1ccc(C)cc1C(=O)NC(C)C1CCCC1. The number of benzene rings is 1. The van der Waals surface area contributed by atoms with E-state index in [1.165, 1.54) is 25.7 Å². The first-order valence-electron chi connectivity index (χ1n) is 8.27. The summed E-state index contributed by atoms with van der Waals surface area (Å²) in [6.45, 7) is 7.19. The van der Waals surface area contributed by atoms with Crippen LogP contribution >= 0.6 is 0 Å². The van der Waals surface area contributed by atoms with Crippen LogP contribution in [0.15, 0.2) is 18.2 Å². The molecule has 3 heteroatoms. The fraction of sp³-hybridized carbons (Fsp3) is 0.611. The van der Waals surface area contributed by atoms with Gasteiger partial charge in [0, 0.05) is 18.3 Å². The summed E-state index contributed by atoms with van der Waals surface area (Å²) in [5.41, 5.74) is 2.84. The molecule has 1 aromatic carbocycles. The Morgan fingerprint density at radius 3 is 2.71 bits per heavy atom. The summed E-state index contributed by atoms with van der Waals surface area (Å²) >= 11 is 0. The lowest BCUT2D eigenvalue weighted by Crippen LogP contribution is -2.37. The van der Waals surface area contributed by atoms with E-state index in [0.29, 0.717) is 5.92 Å². The Kier molecular flexibility index (Phi) is 5.66. The van der Waals surface area contributed by atoms with Gasteiger partial charge >= 0.3 is 0 Å². The summed E-state index contributed by atoms with van der Waals surface area (Å²) in [4.78, 5) is 12.6. The highest BCUT2D eigenvalue weighted by Crippen LogP contribution is 2.28. The first kappa shape index (κ1) is 15.9. The van der Waals surface area contributed by atoms with Crippen LogP contribution in [-0.2, 0) is 0 Å². The van der Waals surface area contributed by atoms with E-state index < -0.39 is 0 Å². The zero-order valence-electron chi connectivity index (χ0n) is 13.5. The highest BCUT2D eigenvalue weighted by molar-refractivity contribution is 6.00. The van der Waals surface area contributed by atoms with Crippen LogP contribution in [0.1, 0.15) is 61.9 Å². The molecule has 1 aromatic rings. The molecule has 1 aliphatic carbocycles. The van der Waals surface area contributed by atoms with Gasteiger partial charge in [-0.3, -0.25) is 4.79 Å². The summed E-state index contributed by atoms with van der Waals surface area (Å²) in [6, 6.07) is 6.31. The quantitative estimate of drug-likeness (QED) is 0.826. The summed E-state index contributed by atoms with van der Waals surface area (Å²) in [5.74, 6) is 0.697. The smallest absolute Gasteiger partial charge is 0.253 e. The van der Waals surface area contributed by atoms with Crippen molar-refractivity contribution < 1.29 is 4.79 Å². The average Bonchev–Trinajstić information content (AvgIpc) is 3.00. The molecule has 0 aromatic heterocycles. The summed E-state index contributed by atoms with van der Waals surface area (Å²) < 4.78 is 0. The van der Waals surface area contributed by atoms with Gasteiger partial charge in [-0.25, -0.2) is 0 Å². The molecule has 0 bridgehead atoms. The Hall–Kier alpha value is -1.51. The molecular weight excluding hydrogens is 260 g/mol. The average molecular weight is 288 g/mol. The molecule has 2 N–H and O–H groups in total. The molecule has 0 aliphatic heterocycles. The van der Waals surface area contributed by atoms with E-state index in [-0.39, 0.29) is 11.9 Å². The van der Waals surface area contributed by atoms with E-state index >= 15 is 0 Å². The van der Waals surface area contributed by atoms with Crippen molar-refractivity contribution in [1.29, 1.82) is 0 Å². The third kappa shape index (κ3) is 4.23. The molecule has 1 unspecified atom stereocenters. The number of nitrogens with one attached hydrogen (secondary N) is 2. The lowest BCUT2D eigenvalue weighted by Gasteiger charge is -2.21. The Morgan fingerprint density at radius 2 is 2.05 bits per heavy atom. The van der Waals surface area contributed by atoms with Crippen molar-refractivity contribution in [2.75, 3.05) is 11.9 Å². The molecule has 1 fully saturated rings. The van der Waals surface area contributed by atoms with Crippen LogP contribution in [0.25, 0.3) is 0 Å². The predicted molar refractivity (Wildman–Crippen MR) is 88.8 cm³/mol. The molecule has 1 atom stereocenters. The van der Waals surface area contributed by atoms with Crippen LogP contribution in [0.4, 0.5) is 5.69 Å². The van der Waals surface area contributed by atoms with E-state index in [0.717, 1.165) is 29.8 Å². The third-order valence-electron chi connectivity index (χ3n) is 4.45. The maximum Gasteiger partial charge on any atom is 0.253 e. The minimum absolute atomic E-state index is 0.0525. The fourth-order valence-corrected chi connectivity index (χ4v) is 3.12. The van der Waals surface area contributed by atoms with E-state index in [9.17, 15) is 4.79 Å². The molecule has 1 amide bonds. The zero-order valence-corrected chi connectivity index (χ0v) is 13.5. The lowest BCUT2D eigenvalue weighted by atomic mass is 9.99. The second-order valence-corrected chi connectivity index (χ2v) is 6.28. The van der Waals surface area contributed by atoms with Crippen LogP contribution < -0.4 is 10.6 Å². The first-order valence-corrected chi connectivity index (χ1v) is 8.27. The Balaban J connectivity index is 2.07. The number of hydrogen-bond donors (Lipinski definition) is 2. The standard InChI is InChI=1S/C18H28N2O/c1-4-11-19-17-10-9-13(2)12-16(17)18(21)20-14(3)15-7-5-6-8-15/h9-10,12,14-15,19H,4-8,11H2,1-3H3,(H,20,21).